The topological polar surface area (TPSA) is 92.3 Å². The lowest BCUT2D eigenvalue weighted by Gasteiger charge is -2.15. The van der Waals surface area contributed by atoms with Gasteiger partial charge in [-0.2, -0.15) is 0 Å². The van der Waals surface area contributed by atoms with Crippen molar-refractivity contribution in [2.45, 2.75) is 31.7 Å². The van der Waals surface area contributed by atoms with E-state index in [1.807, 2.05) is 30.3 Å². The van der Waals surface area contributed by atoms with Gasteiger partial charge in [0.2, 0.25) is 11.7 Å². The maximum absolute atomic E-state index is 13.1. The Morgan fingerprint density at radius 2 is 1.93 bits per heavy atom. The fourth-order valence-electron chi connectivity index (χ4n) is 3.63. The van der Waals surface area contributed by atoms with Gasteiger partial charge in [0.05, 0.1) is 18.0 Å². The number of benzene rings is 1. The van der Waals surface area contributed by atoms with E-state index in [0.717, 1.165) is 18.4 Å². The van der Waals surface area contributed by atoms with E-state index in [1.165, 1.54) is 23.5 Å². The highest BCUT2D eigenvalue weighted by atomic mass is 16.2. The Bertz CT molecular complexity index is 868. The summed E-state index contributed by atoms with van der Waals surface area (Å²) in [5, 5.41) is 2.75. The molecular formula is C21H22N4O3. The number of carbonyl (C=O) groups excluding carboxylic acids is 3. The van der Waals surface area contributed by atoms with Crippen molar-refractivity contribution in [3.63, 3.8) is 0 Å². The standard InChI is InChI=1S/C21H22N4O3/c26-19(20(27)24-15-7-8-15)17-13-25(18-12-22-10-11-23-18)21(28)16(17)9-6-14-4-2-1-3-5-14/h1-5,10-12,15-17H,6-9,13H2,(H,24,27)/t16-,17+/m0/s1. The van der Waals surface area contributed by atoms with Crippen molar-refractivity contribution >= 4 is 23.4 Å². The second-order valence-electron chi connectivity index (χ2n) is 7.36. The minimum atomic E-state index is -0.669. The van der Waals surface area contributed by atoms with Gasteiger partial charge in [0.25, 0.3) is 5.91 Å². The van der Waals surface area contributed by atoms with Gasteiger partial charge in [0, 0.05) is 25.0 Å². The highest BCUT2D eigenvalue weighted by Gasteiger charge is 2.47. The van der Waals surface area contributed by atoms with Crippen LogP contribution in [0.1, 0.15) is 24.8 Å². The predicted molar refractivity (Wildman–Crippen MR) is 102 cm³/mol. The van der Waals surface area contributed by atoms with Gasteiger partial charge >= 0.3 is 0 Å². The fourth-order valence-corrected chi connectivity index (χ4v) is 3.63. The van der Waals surface area contributed by atoms with E-state index in [2.05, 4.69) is 15.3 Å². The molecular weight excluding hydrogens is 356 g/mol. The normalized spacial score (nSPS) is 21.6. The molecule has 28 heavy (non-hydrogen) atoms. The van der Waals surface area contributed by atoms with Crippen molar-refractivity contribution in [3.8, 4) is 0 Å². The van der Waals surface area contributed by atoms with Gasteiger partial charge in [-0.25, -0.2) is 4.98 Å². The van der Waals surface area contributed by atoms with Gasteiger partial charge < -0.3 is 5.32 Å². The van der Waals surface area contributed by atoms with Crippen LogP contribution < -0.4 is 10.2 Å². The summed E-state index contributed by atoms with van der Waals surface area (Å²) in [7, 11) is 0. The number of carbonyl (C=O) groups is 3. The predicted octanol–water partition coefficient (Wildman–Crippen LogP) is 1.54. The molecule has 1 saturated carbocycles. The number of hydrogen-bond acceptors (Lipinski definition) is 5. The van der Waals surface area contributed by atoms with Crippen molar-refractivity contribution in [1.82, 2.24) is 15.3 Å². The minimum Gasteiger partial charge on any atom is -0.347 e. The summed E-state index contributed by atoms with van der Waals surface area (Å²) in [6.45, 7) is 0.161. The molecule has 2 fully saturated rings. The van der Waals surface area contributed by atoms with Crippen LogP contribution in [0.3, 0.4) is 0 Å². The highest BCUT2D eigenvalue weighted by Crippen LogP contribution is 2.32. The van der Waals surface area contributed by atoms with Crippen molar-refractivity contribution < 1.29 is 14.4 Å². The van der Waals surface area contributed by atoms with Gasteiger partial charge in [-0.3, -0.25) is 24.3 Å². The lowest BCUT2D eigenvalue weighted by Crippen LogP contribution is -2.39. The Kier molecular flexibility index (Phi) is 5.14. The van der Waals surface area contributed by atoms with Crippen LogP contribution in [0.4, 0.5) is 5.82 Å². The summed E-state index contributed by atoms with van der Waals surface area (Å²) >= 11 is 0. The first-order chi connectivity index (χ1) is 13.6. The number of nitrogens with one attached hydrogen (secondary N) is 1. The average Bonchev–Trinajstić information content (AvgIpc) is 3.48. The summed E-state index contributed by atoms with van der Waals surface area (Å²) in [5.74, 6) is -2.06. The first-order valence-electron chi connectivity index (χ1n) is 9.59. The lowest BCUT2D eigenvalue weighted by molar-refractivity contribution is -0.141. The smallest absolute Gasteiger partial charge is 0.287 e. The molecule has 2 atom stereocenters. The Hall–Kier alpha value is -3.09. The number of Topliss-reactive ketones (excluding diaryl/α,β-unsaturated/α-hetero) is 1. The third-order valence-corrected chi connectivity index (χ3v) is 5.33. The molecule has 2 aromatic rings. The van der Waals surface area contributed by atoms with E-state index in [4.69, 9.17) is 0 Å². The average molecular weight is 378 g/mol. The Balaban J connectivity index is 1.53. The maximum atomic E-state index is 13.1. The summed E-state index contributed by atoms with van der Waals surface area (Å²) in [5.41, 5.74) is 1.10. The molecule has 0 radical (unpaired) electrons. The molecule has 1 aromatic heterocycles. The molecule has 7 nitrogen and oxygen atoms in total. The van der Waals surface area contributed by atoms with E-state index in [9.17, 15) is 14.4 Å². The molecule has 1 aliphatic heterocycles. The second kappa shape index (κ2) is 7.88. The molecule has 4 rings (SSSR count). The van der Waals surface area contributed by atoms with Crippen molar-refractivity contribution in [3.05, 3.63) is 54.5 Å². The molecule has 0 unspecified atom stereocenters. The van der Waals surface area contributed by atoms with Crippen LogP contribution in [0.2, 0.25) is 0 Å². The summed E-state index contributed by atoms with van der Waals surface area (Å²) in [6.07, 6.45) is 7.53. The van der Waals surface area contributed by atoms with Gasteiger partial charge in [0.15, 0.2) is 5.82 Å². The van der Waals surface area contributed by atoms with Gasteiger partial charge in [-0.15, -0.1) is 0 Å². The number of aryl methyl sites for hydroxylation is 1. The number of anilines is 1. The first kappa shape index (κ1) is 18.3. The zero-order valence-electron chi connectivity index (χ0n) is 15.5. The quantitative estimate of drug-likeness (QED) is 0.738. The van der Waals surface area contributed by atoms with Crippen LogP contribution in [0.5, 0.6) is 0 Å². The third-order valence-electron chi connectivity index (χ3n) is 5.33. The summed E-state index contributed by atoms with van der Waals surface area (Å²) in [4.78, 5) is 47.9. The van der Waals surface area contributed by atoms with E-state index in [0.29, 0.717) is 18.7 Å². The van der Waals surface area contributed by atoms with Crippen molar-refractivity contribution in [2.24, 2.45) is 11.8 Å². The Morgan fingerprint density at radius 1 is 1.14 bits per heavy atom. The zero-order chi connectivity index (χ0) is 19.5. The minimum absolute atomic E-state index is 0.104. The fraction of sp³-hybridized carbons (Fsp3) is 0.381. The molecule has 0 spiro atoms. The lowest BCUT2D eigenvalue weighted by atomic mass is 9.86. The van der Waals surface area contributed by atoms with Crippen LogP contribution in [0.25, 0.3) is 0 Å². The van der Waals surface area contributed by atoms with Crippen LogP contribution in [-0.2, 0) is 20.8 Å². The molecule has 2 heterocycles. The van der Waals surface area contributed by atoms with Crippen LogP contribution in [-0.4, -0.2) is 40.2 Å². The van der Waals surface area contributed by atoms with Gasteiger partial charge in [0.1, 0.15) is 0 Å². The number of aromatic nitrogens is 2. The van der Waals surface area contributed by atoms with Gasteiger partial charge in [-0.1, -0.05) is 30.3 Å². The molecule has 144 valence electrons. The molecule has 1 saturated heterocycles. The van der Waals surface area contributed by atoms with Crippen molar-refractivity contribution in [1.29, 1.82) is 0 Å². The van der Waals surface area contributed by atoms with Crippen molar-refractivity contribution in [2.75, 3.05) is 11.4 Å². The highest BCUT2D eigenvalue weighted by molar-refractivity contribution is 6.38. The first-order valence-corrected chi connectivity index (χ1v) is 9.59. The van der Waals surface area contributed by atoms with Crippen LogP contribution >= 0.6 is 0 Å². The number of hydrogen-bond donors (Lipinski definition) is 1. The zero-order valence-corrected chi connectivity index (χ0v) is 15.5. The number of ketones is 1. The second-order valence-corrected chi connectivity index (χ2v) is 7.36. The molecule has 1 aliphatic carbocycles. The van der Waals surface area contributed by atoms with E-state index in [1.54, 1.807) is 0 Å². The molecule has 1 N–H and O–H groups in total. The third kappa shape index (κ3) is 3.93. The monoisotopic (exact) mass is 378 g/mol. The van der Waals surface area contributed by atoms with E-state index < -0.39 is 23.5 Å². The summed E-state index contributed by atoms with van der Waals surface area (Å²) in [6, 6.07) is 9.93. The molecule has 1 aromatic carbocycles. The number of rotatable bonds is 7. The largest absolute Gasteiger partial charge is 0.347 e. The van der Waals surface area contributed by atoms with Crippen LogP contribution in [0, 0.1) is 11.8 Å². The van der Waals surface area contributed by atoms with Gasteiger partial charge in [-0.05, 0) is 31.2 Å². The van der Waals surface area contributed by atoms with Crippen LogP contribution in [0.15, 0.2) is 48.9 Å². The molecule has 7 heteroatoms. The van der Waals surface area contributed by atoms with E-state index in [-0.39, 0.29) is 18.5 Å². The maximum Gasteiger partial charge on any atom is 0.287 e. The summed E-state index contributed by atoms with van der Waals surface area (Å²) < 4.78 is 0. The molecule has 2 aliphatic rings. The molecule has 0 bridgehead atoms. The Morgan fingerprint density at radius 3 is 2.61 bits per heavy atom. The number of nitrogens with zero attached hydrogens (tertiary/aromatic N) is 3. The SMILES string of the molecule is O=C(NC1CC1)C(=O)[C@@H]1CN(c2cnccn2)C(=O)[C@H]1CCc1ccccc1. The van der Waals surface area contributed by atoms with E-state index >= 15 is 0 Å². The molecule has 2 amide bonds. The number of amides is 2. The Labute approximate surface area is 163 Å².